The largest absolute Gasteiger partial charge is 0.490 e. The Morgan fingerprint density at radius 3 is 2.03 bits per heavy atom. The second-order valence-corrected chi connectivity index (χ2v) is 9.76. The highest BCUT2D eigenvalue weighted by Crippen LogP contribution is 2.30. The molecule has 0 aliphatic carbocycles. The number of hydrogen-bond donors (Lipinski definition) is 0. The van der Waals surface area contributed by atoms with E-state index in [1.807, 2.05) is 60.3 Å². The minimum Gasteiger partial charge on any atom is -0.490 e. The summed E-state index contributed by atoms with van der Waals surface area (Å²) < 4.78 is 12.1. The first-order valence-corrected chi connectivity index (χ1v) is 14.0. The average molecular weight is 483 g/mol. The van der Waals surface area contributed by atoms with Gasteiger partial charge in [-0.15, -0.1) is 11.8 Å². The first-order chi connectivity index (χ1) is 16.7. The number of carbonyl (C=O) groups is 1. The highest BCUT2D eigenvalue weighted by molar-refractivity contribution is 7.99. The Bertz CT molecular complexity index is 858. The zero-order valence-corrected chi connectivity index (χ0v) is 22.1. The molecule has 0 N–H and O–H groups in total. The monoisotopic (exact) mass is 482 g/mol. The highest BCUT2D eigenvalue weighted by atomic mass is 32.2. The zero-order valence-electron chi connectivity index (χ0n) is 21.3. The summed E-state index contributed by atoms with van der Waals surface area (Å²) in [4.78, 5) is 13.8. The molecule has 0 aliphatic heterocycles. The molecule has 0 saturated heterocycles. The predicted molar refractivity (Wildman–Crippen MR) is 147 cm³/mol. The van der Waals surface area contributed by atoms with E-state index in [2.05, 4.69) is 20.8 Å². The van der Waals surface area contributed by atoms with Gasteiger partial charge in [-0.05, 0) is 73.1 Å². The Kier molecular flexibility index (Phi) is 14.2. The van der Waals surface area contributed by atoms with Crippen LogP contribution in [-0.2, 0) is 0 Å². The van der Waals surface area contributed by atoms with E-state index < -0.39 is 0 Å². The van der Waals surface area contributed by atoms with Gasteiger partial charge in [0.2, 0.25) is 0 Å². The van der Waals surface area contributed by atoms with Crippen LogP contribution in [0, 0.1) is 0 Å². The van der Waals surface area contributed by atoms with Crippen molar-refractivity contribution in [2.24, 2.45) is 0 Å². The van der Waals surface area contributed by atoms with Crippen LogP contribution in [0.5, 0.6) is 11.5 Å². The van der Waals surface area contributed by atoms with Crippen molar-refractivity contribution in [2.75, 3.05) is 19.0 Å². The maximum Gasteiger partial charge on any atom is 0.185 e. The molecule has 0 aliphatic rings. The molecule has 0 fully saturated rings. The fourth-order valence-electron chi connectivity index (χ4n) is 3.49. The van der Waals surface area contributed by atoms with Crippen molar-refractivity contribution in [3.05, 3.63) is 59.7 Å². The van der Waals surface area contributed by atoms with Crippen LogP contribution < -0.4 is 9.47 Å². The number of hydrogen-bond acceptors (Lipinski definition) is 4. The quantitative estimate of drug-likeness (QED) is 0.0919. The normalized spacial score (nSPS) is 11.1. The molecule has 0 saturated carbocycles. The van der Waals surface area contributed by atoms with Gasteiger partial charge in [0.1, 0.15) is 0 Å². The van der Waals surface area contributed by atoms with E-state index >= 15 is 0 Å². The van der Waals surface area contributed by atoms with Crippen molar-refractivity contribution in [2.45, 2.75) is 83.5 Å². The molecule has 0 amide bonds. The lowest BCUT2D eigenvalue weighted by atomic mass is 10.1. The van der Waals surface area contributed by atoms with E-state index in [0.717, 1.165) is 42.1 Å². The SMILES string of the molecule is CCCCCCOc1ccc(C=CC(=O)c2ccc(SCCC)cc2)cc1OCCCCCC. The zero-order chi connectivity index (χ0) is 24.4. The molecule has 0 bridgehead atoms. The fraction of sp³-hybridized carbons (Fsp3) is 0.500. The van der Waals surface area contributed by atoms with Crippen LogP contribution in [0.1, 0.15) is 94.5 Å². The van der Waals surface area contributed by atoms with E-state index in [1.165, 1.54) is 43.4 Å². The number of ether oxygens (including phenoxy) is 2. The molecule has 34 heavy (non-hydrogen) atoms. The van der Waals surface area contributed by atoms with Gasteiger partial charge < -0.3 is 9.47 Å². The molecule has 2 rings (SSSR count). The molecule has 0 unspecified atom stereocenters. The summed E-state index contributed by atoms with van der Waals surface area (Å²) in [5.74, 6) is 2.65. The van der Waals surface area contributed by atoms with Crippen LogP contribution in [0.3, 0.4) is 0 Å². The minimum absolute atomic E-state index is 0.00493. The van der Waals surface area contributed by atoms with Gasteiger partial charge >= 0.3 is 0 Å². The lowest BCUT2D eigenvalue weighted by Crippen LogP contribution is -2.03. The fourth-order valence-corrected chi connectivity index (χ4v) is 4.25. The third-order valence-corrected chi connectivity index (χ3v) is 6.74. The molecule has 2 aromatic carbocycles. The van der Waals surface area contributed by atoms with Gasteiger partial charge in [-0.3, -0.25) is 4.79 Å². The lowest BCUT2D eigenvalue weighted by Gasteiger charge is -2.14. The summed E-state index contributed by atoms with van der Waals surface area (Å²) in [7, 11) is 0. The van der Waals surface area contributed by atoms with Crippen LogP contribution in [-0.4, -0.2) is 24.7 Å². The van der Waals surface area contributed by atoms with Crippen molar-refractivity contribution >= 4 is 23.6 Å². The Morgan fingerprint density at radius 2 is 1.41 bits per heavy atom. The van der Waals surface area contributed by atoms with Gasteiger partial charge in [-0.25, -0.2) is 0 Å². The van der Waals surface area contributed by atoms with E-state index in [0.29, 0.717) is 18.8 Å². The summed E-state index contributed by atoms with van der Waals surface area (Å²) in [6, 6.07) is 13.8. The minimum atomic E-state index is 0.00493. The topological polar surface area (TPSA) is 35.5 Å². The van der Waals surface area contributed by atoms with Gasteiger partial charge in [0, 0.05) is 10.5 Å². The van der Waals surface area contributed by atoms with Gasteiger partial charge in [0.15, 0.2) is 17.3 Å². The van der Waals surface area contributed by atoms with Crippen LogP contribution >= 0.6 is 11.8 Å². The summed E-state index contributed by atoms with van der Waals surface area (Å²) in [6.45, 7) is 7.98. The molecule has 0 atom stereocenters. The number of thioether (sulfide) groups is 1. The third kappa shape index (κ3) is 10.8. The summed E-state index contributed by atoms with van der Waals surface area (Å²) >= 11 is 1.82. The van der Waals surface area contributed by atoms with Gasteiger partial charge in [0.25, 0.3) is 0 Å². The average Bonchev–Trinajstić information content (AvgIpc) is 2.87. The molecule has 0 aromatic heterocycles. The molecule has 0 radical (unpaired) electrons. The Balaban J connectivity index is 2.02. The standard InChI is InChI=1S/C30H42O3S/c1-4-7-9-11-21-32-29-20-14-25(24-30(29)33-22-12-10-8-5-2)13-19-28(31)26-15-17-27(18-16-26)34-23-6-3/h13-20,24H,4-12,21-23H2,1-3H3. The smallest absolute Gasteiger partial charge is 0.185 e. The van der Waals surface area contributed by atoms with Crippen LogP contribution in [0.2, 0.25) is 0 Å². The maximum absolute atomic E-state index is 12.6. The first kappa shape index (κ1) is 28.0. The van der Waals surface area contributed by atoms with Crippen molar-refractivity contribution in [1.29, 1.82) is 0 Å². The molecular weight excluding hydrogens is 440 g/mol. The second kappa shape index (κ2) is 17.3. The third-order valence-electron chi connectivity index (χ3n) is 5.52. The van der Waals surface area contributed by atoms with Gasteiger partial charge in [-0.1, -0.05) is 71.4 Å². The Labute approximate surface area is 211 Å². The van der Waals surface area contributed by atoms with E-state index in [9.17, 15) is 4.79 Å². The second-order valence-electron chi connectivity index (χ2n) is 8.59. The summed E-state index contributed by atoms with van der Waals surface area (Å²) in [5, 5.41) is 0. The number of rotatable bonds is 18. The molecule has 4 heteroatoms. The number of carbonyl (C=O) groups excluding carboxylic acids is 1. The molecular formula is C30H42O3S. The van der Waals surface area contributed by atoms with Crippen LogP contribution in [0.25, 0.3) is 6.08 Å². The molecule has 2 aromatic rings. The Morgan fingerprint density at radius 1 is 0.765 bits per heavy atom. The highest BCUT2D eigenvalue weighted by Gasteiger charge is 2.08. The van der Waals surface area contributed by atoms with Gasteiger partial charge in [-0.2, -0.15) is 0 Å². The van der Waals surface area contributed by atoms with Gasteiger partial charge in [0.05, 0.1) is 13.2 Å². The molecule has 0 spiro atoms. The molecule has 0 heterocycles. The van der Waals surface area contributed by atoms with Crippen molar-refractivity contribution in [3.8, 4) is 11.5 Å². The Hall–Kier alpha value is -2.20. The van der Waals surface area contributed by atoms with Crippen molar-refractivity contribution in [3.63, 3.8) is 0 Å². The summed E-state index contributed by atoms with van der Waals surface area (Å²) in [6.07, 6.45) is 14.0. The lowest BCUT2D eigenvalue weighted by molar-refractivity contribution is 0.104. The maximum atomic E-state index is 12.6. The number of benzene rings is 2. The number of ketones is 1. The summed E-state index contributed by atoms with van der Waals surface area (Å²) in [5.41, 5.74) is 1.64. The van der Waals surface area contributed by atoms with E-state index in [-0.39, 0.29) is 5.78 Å². The van der Waals surface area contributed by atoms with Crippen molar-refractivity contribution < 1.29 is 14.3 Å². The van der Waals surface area contributed by atoms with E-state index in [4.69, 9.17) is 9.47 Å². The predicted octanol–water partition coefficient (Wildman–Crippen LogP) is 9.00. The first-order valence-electron chi connectivity index (χ1n) is 13.0. The van der Waals surface area contributed by atoms with Crippen molar-refractivity contribution in [1.82, 2.24) is 0 Å². The number of allylic oxidation sites excluding steroid dienone is 1. The van der Waals surface area contributed by atoms with Crippen LogP contribution in [0.15, 0.2) is 53.4 Å². The molecule has 3 nitrogen and oxygen atoms in total. The van der Waals surface area contributed by atoms with E-state index in [1.54, 1.807) is 6.08 Å². The number of unbranched alkanes of at least 4 members (excludes halogenated alkanes) is 6. The van der Waals surface area contributed by atoms with Crippen LogP contribution in [0.4, 0.5) is 0 Å². The molecule has 186 valence electrons.